The van der Waals surface area contributed by atoms with Crippen molar-refractivity contribution in [1.29, 1.82) is 0 Å². The molecule has 0 amide bonds. The van der Waals surface area contributed by atoms with Crippen LogP contribution in [0.1, 0.15) is 31.0 Å². The zero-order chi connectivity index (χ0) is 17.9. The first-order valence-corrected chi connectivity index (χ1v) is 8.94. The summed E-state index contributed by atoms with van der Waals surface area (Å²) in [6.07, 6.45) is 4.32. The maximum absolute atomic E-state index is 12.2. The van der Waals surface area contributed by atoms with Crippen LogP contribution in [0.2, 0.25) is 5.02 Å². The van der Waals surface area contributed by atoms with E-state index in [0.717, 1.165) is 36.5 Å². The largest absolute Gasteiger partial charge is 0.481 e. The van der Waals surface area contributed by atoms with Crippen LogP contribution >= 0.6 is 11.6 Å². The number of piperidine rings is 1. The summed E-state index contributed by atoms with van der Waals surface area (Å²) in [5, 5.41) is 10.6. The van der Waals surface area contributed by atoms with E-state index >= 15 is 0 Å². The molecule has 1 unspecified atom stereocenters. The number of halogens is 1. The molecule has 1 saturated heterocycles. The van der Waals surface area contributed by atoms with E-state index in [-0.39, 0.29) is 0 Å². The third kappa shape index (κ3) is 3.93. The predicted molar refractivity (Wildman–Crippen MR) is 98.1 cm³/mol. The van der Waals surface area contributed by atoms with Gasteiger partial charge in [-0.3, -0.25) is 4.79 Å². The first-order chi connectivity index (χ1) is 12.0. The fourth-order valence-electron chi connectivity index (χ4n) is 3.51. The molecular formula is C19H22ClN3O2. The number of hydrogen-bond donors (Lipinski definition) is 1. The van der Waals surface area contributed by atoms with Gasteiger partial charge in [0.2, 0.25) is 0 Å². The second-order valence-electron chi connectivity index (χ2n) is 6.64. The highest BCUT2D eigenvalue weighted by Crippen LogP contribution is 2.36. The van der Waals surface area contributed by atoms with Crippen molar-refractivity contribution in [2.75, 3.05) is 18.0 Å². The topological polar surface area (TPSA) is 66.3 Å². The molecule has 0 bridgehead atoms. The minimum absolute atomic E-state index is 0.439. The highest BCUT2D eigenvalue weighted by atomic mass is 35.5. The zero-order valence-electron chi connectivity index (χ0n) is 14.3. The Labute approximate surface area is 152 Å². The molecule has 132 valence electrons. The normalized spacial score (nSPS) is 20.5. The molecule has 0 spiro atoms. The molecule has 1 atom stereocenters. The number of carboxylic acid groups (broad SMARTS) is 1. The summed E-state index contributed by atoms with van der Waals surface area (Å²) in [5.41, 5.74) is 1.08. The molecule has 3 rings (SSSR count). The van der Waals surface area contributed by atoms with E-state index in [9.17, 15) is 9.90 Å². The van der Waals surface area contributed by atoms with Crippen LogP contribution in [-0.4, -0.2) is 34.1 Å². The molecule has 1 aliphatic rings. The zero-order valence-corrected chi connectivity index (χ0v) is 15.0. The van der Waals surface area contributed by atoms with E-state index in [1.54, 1.807) is 12.4 Å². The van der Waals surface area contributed by atoms with Crippen LogP contribution in [0.15, 0.2) is 36.7 Å². The van der Waals surface area contributed by atoms with Crippen molar-refractivity contribution >= 4 is 23.4 Å². The van der Waals surface area contributed by atoms with Gasteiger partial charge >= 0.3 is 5.97 Å². The molecule has 1 aromatic heterocycles. The van der Waals surface area contributed by atoms with Crippen molar-refractivity contribution in [2.24, 2.45) is 5.41 Å². The Hall–Kier alpha value is -2.14. The second-order valence-corrected chi connectivity index (χ2v) is 7.07. The molecule has 0 aliphatic carbocycles. The van der Waals surface area contributed by atoms with E-state index in [1.165, 1.54) is 0 Å². The van der Waals surface area contributed by atoms with Crippen LogP contribution < -0.4 is 4.90 Å². The fourth-order valence-corrected chi connectivity index (χ4v) is 3.72. The Morgan fingerprint density at radius 1 is 1.36 bits per heavy atom. The summed E-state index contributed by atoms with van der Waals surface area (Å²) >= 11 is 6.07. The van der Waals surface area contributed by atoms with Gasteiger partial charge in [0.15, 0.2) is 0 Å². The number of benzene rings is 1. The molecule has 1 aromatic carbocycles. The Bertz CT molecular complexity index is 768. The predicted octanol–water partition coefficient (Wildman–Crippen LogP) is 3.61. The van der Waals surface area contributed by atoms with Gasteiger partial charge in [-0.15, -0.1) is 0 Å². The Balaban J connectivity index is 1.87. The molecule has 1 aliphatic heterocycles. The van der Waals surface area contributed by atoms with Crippen LogP contribution in [0.5, 0.6) is 0 Å². The molecule has 0 saturated carbocycles. The van der Waals surface area contributed by atoms with Crippen LogP contribution in [-0.2, 0) is 17.6 Å². The quantitative estimate of drug-likeness (QED) is 0.883. The average Bonchev–Trinajstić information content (AvgIpc) is 2.62. The molecule has 1 fully saturated rings. The second kappa shape index (κ2) is 7.40. The lowest BCUT2D eigenvalue weighted by atomic mass is 9.75. The van der Waals surface area contributed by atoms with Gasteiger partial charge in [0, 0.05) is 29.9 Å². The summed E-state index contributed by atoms with van der Waals surface area (Å²) in [6, 6.07) is 9.42. The van der Waals surface area contributed by atoms with Gasteiger partial charge in [-0.1, -0.05) is 30.7 Å². The van der Waals surface area contributed by atoms with Crippen molar-refractivity contribution in [1.82, 2.24) is 9.97 Å². The van der Waals surface area contributed by atoms with E-state index < -0.39 is 11.4 Å². The van der Waals surface area contributed by atoms with Crippen LogP contribution in [0, 0.1) is 5.41 Å². The third-order valence-electron chi connectivity index (χ3n) is 4.86. The van der Waals surface area contributed by atoms with Crippen molar-refractivity contribution in [2.45, 2.75) is 32.6 Å². The van der Waals surface area contributed by atoms with Gasteiger partial charge in [0.05, 0.1) is 5.41 Å². The van der Waals surface area contributed by atoms with Gasteiger partial charge in [-0.05, 0) is 43.4 Å². The summed E-state index contributed by atoms with van der Waals surface area (Å²) in [6.45, 7) is 3.29. The standard InChI is InChI=1S/C19H22ClN3O2/c1-2-16-10-17(22-13-21-16)23-8-4-7-19(12-23,18(24)25)11-14-5-3-6-15(20)9-14/h3,5-6,9-10,13H,2,4,7-8,11-12H2,1H3,(H,24,25). The van der Waals surface area contributed by atoms with E-state index in [0.29, 0.717) is 24.4 Å². The van der Waals surface area contributed by atoms with Gasteiger partial charge in [0.25, 0.3) is 0 Å². The van der Waals surface area contributed by atoms with Gasteiger partial charge in [-0.25, -0.2) is 9.97 Å². The molecule has 0 radical (unpaired) electrons. The maximum Gasteiger partial charge on any atom is 0.311 e. The van der Waals surface area contributed by atoms with Gasteiger partial charge in [-0.2, -0.15) is 0 Å². The van der Waals surface area contributed by atoms with Crippen LogP contribution in [0.3, 0.4) is 0 Å². The summed E-state index contributed by atoms with van der Waals surface area (Å²) in [7, 11) is 0. The number of aromatic nitrogens is 2. The van der Waals surface area contributed by atoms with E-state index in [1.807, 2.05) is 31.2 Å². The van der Waals surface area contributed by atoms with E-state index in [2.05, 4.69) is 14.9 Å². The summed E-state index contributed by atoms with van der Waals surface area (Å²) in [5.74, 6) is 0.0465. The molecule has 1 N–H and O–H groups in total. The van der Waals surface area contributed by atoms with Crippen molar-refractivity contribution in [3.8, 4) is 0 Å². The van der Waals surface area contributed by atoms with Gasteiger partial charge in [0.1, 0.15) is 12.1 Å². The van der Waals surface area contributed by atoms with Gasteiger partial charge < -0.3 is 10.0 Å². The summed E-state index contributed by atoms with van der Waals surface area (Å²) < 4.78 is 0. The molecular weight excluding hydrogens is 338 g/mol. The smallest absolute Gasteiger partial charge is 0.311 e. The number of aliphatic carboxylic acids is 1. The molecule has 25 heavy (non-hydrogen) atoms. The van der Waals surface area contributed by atoms with Crippen molar-refractivity contribution in [3.63, 3.8) is 0 Å². The number of nitrogens with zero attached hydrogens (tertiary/aromatic N) is 3. The third-order valence-corrected chi connectivity index (χ3v) is 5.09. The Morgan fingerprint density at radius 2 is 2.20 bits per heavy atom. The minimum atomic E-state index is -0.833. The van der Waals surface area contributed by atoms with E-state index in [4.69, 9.17) is 11.6 Å². The number of anilines is 1. The number of carbonyl (C=O) groups is 1. The monoisotopic (exact) mass is 359 g/mol. The Morgan fingerprint density at radius 3 is 2.92 bits per heavy atom. The lowest BCUT2D eigenvalue weighted by molar-refractivity contribution is -0.149. The SMILES string of the molecule is CCc1cc(N2CCCC(Cc3cccc(Cl)c3)(C(=O)O)C2)ncn1. The number of rotatable bonds is 5. The molecule has 2 aromatic rings. The molecule has 2 heterocycles. The maximum atomic E-state index is 12.2. The van der Waals surface area contributed by atoms with Crippen LogP contribution in [0.4, 0.5) is 5.82 Å². The van der Waals surface area contributed by atoms with Crippen molar-refractivity contribution < 1.29 is 9.90 Å². The highest BCUT2D eigenvalue weighted by molar-refractivity contribution is 6.30. The number of carboxylic acids is 1. The average molecular weight is 360 g/mol. The minimum Gasteiger partial charge on any atom is -0.481 e. The highest BCUT2D eigenvalue weighted by Gasteiger charge is 2.43. The lowest BCUT2D eigenvalue weighted by Crippen LogP contribution is -2.49. The number of aryl methyl sites for hydroxylation is 1. The van der Waals surface area contributed by atoms with Crippen LogP contribution in [0.25, 0.3) is 0 Å². The molecule has 5 nitrogen and oxygen atoms in total. The molecule has 6 heteroatoms. The lowest BCUT2D eigenvalue weighted by Gasteiger charge is -2.40. The van der Waals surface area contributed by atoms with Crippen molar-refractivity contribution in [3.05, 3.63) is 52.9 Å². The summed E-state index contributed by atoms with van der Waals surface area (Å²) in [4.78, 5) is 22.8. The Kier molecular flexibility index (Phi) is 5.23. The first kappa shape index (κ1) is 17.7. The first-order valence-electron chi connectivity index (χ1n) is 8.56. The number of hydrogen-bond acceptors (Lipinski definition) is 4. The fraction of sp³-hybridized carbons (Fsp3) is 0.421.